The Hall–Kier alpha value is -3.41. The summed E-state index contributed by atoms with van der Waals surface area (Å²) in [5, 5.41) is 6.88. The van der Waals surface area contributed by atoms with Crippen LogP contribution in [0.5, 0.6) is 0 Å². The maximum Gasteiger partial charge on any atom is 0.416 e. The molecule has 0 aliphatic rings. The lowest BCUT2D eigenvalue weighted by Gasteiger charge is -2.37. The highest BCUT2D eigenvalue weighted by Gasteiger charge is 2.38. The van der Waals surface area contributed by atoms with E-state index in [-0.39, 0.29) is 0 Å². The Morgan fingerprint density at radius 1 is 0.875 bits per heavy atom. The molecule has 0 spiro atoms. The van der Waals surface area contributed by atoms with Gasteiger partial charge >= 0.3 is 18.3 Å². The number of carbonyl (C=O) groups excluding carboxylic acids is 1. The molecule has 0 saturated heterocycles. The number of nitrogens with one attached hydrogen (secondary N) is 1. The third kappa shape index (κ3) is 7.61. The first-order chi connectivity index (χ1) is 18.9. The summed E-state index contributed by atoms with van der Waals surface area (Å²) in [6.07, 6.45) is -5.85. The normalized spacial score (nSPS) is 13.7. The Kier molecular flexibility index (Phi) is 10.3. The summed E-state index contributed by atoms with van der Waals surface area (Å²) in [5.74, 6) is -0.668. The van der Waals surface area contributed by atoms with E-state index in [9.17, 15) is 31.1 Å². The third-order valence-corrected chi connectivity index (χ3v) is 6.97. The van der Waals surface area contributed by atoms with Crippen molar-refractivity contribution in [1.29, 1.82) is 0 Å². The van der Waals surface area contributed by atoms with Gasteiger partial charge in [-0.25, -0.2) is 0 Å². The van der Waals surface area contributed by atoms with Crippen molar-refractivity contribution < 1.29 is 35.9 Å². The number of ether oxygens (including phenoxy) is 1. The summed E-state index contributed by atoms with van der Waals surface area (Å²) < 4.78 is 84.7. The standard InChI is InChI=1S/C29H28F6N2O2S/c1-4-15-37(16-5-2)26(21-14-17-40-18-21)25(27(38)39-3)36-24(19-6-10-22(11-7-19)28(30,31)32)20-8-12-23(13-9-20)29(33,34)35/h4-14,17-18,24-26,36H,1-2,15-16H2,3H3/t25-,26-/m0/s1. The number of alkyl halides is 6. The van der Waals surface area contributed by atoms with Gasteiger partial charge in [-0.05, 0) is 57.8 Å². The summed E-state index contributed by atoms with van der Waals surface area (Å²) >= 11 is 1.41. The summed E-state index contributed by atoms with van der Waals surface area (Å²) in [6, 6.07) is 7.62. The Bertz CT molecular complexity index is 1190. The van der Waals surface area contributed by atoms with Gasteiger partial charge in [-0.15, -0.1) is 13.2 Å². The number of benzene rings is 2. The summed E-state index contributed by atoms with van der Waals surface area (Å²) in [4.78, 5) is 15.2. The first kappa shape index (κ1) is 31.1. The van der Waals surface area contributed by atoms with Crippen LogP contribution in [0.1, 0.15) is 39.9 Å². The van der Waals surface area contributed by atoms with E-state index in [0.717, 1.165) is 29.8 Å². The quantitative estimate of drug-likeness (QED) is 0.137. The number of nitrogens with zero attached hydrogens (tertiary/aromatic N) is 1. The molecular weight excluding hydrogens is 554 g/mol. The van der Waals surface area contributed by atoms with Crippen molar-refractivity contribution >= 4 is 17.3 Å². The van der Waals surface area contributed by atoms with Crippen LogP contribution in [-0.4, -0.2) is 37.1 Å². The fourth-order valence-corrected chi connectivity index (χ4v) is 5.09. The molecule has 4 nitrogen and oxygen atoms in total. The minimum Gasteiger partial charge on any atom is -0.468 e. The molecule has 1 N–H and O–H groups in total. The predicted molar refractivity (Wildman–Crippen MR) is 143 cm³/mol. The van der Waals surface area contributed by atoms with Gasteiger partial charge in [-0.1, -0.05) is 36.4 Å². The number of esters is 1. The molecule has 1 aromatic heterocycles. The van der Waals surface area contributed by atoms with Gasteiger partial charge in [0, 0.05) is 13.1 Å². The predicted octanol–water partition coefficient (Wildman–Crippen LogP) is 7.42. The average molecular weight is 583 g/mol. The highest BCUT2D eigenvalue weighted by atomic mass is 32.1. The van der Waals surface area contributed by atoms with Crippen LogP contribution in [0.25, 0.3) is 0 Å². The first-order valence-corrected chi connectivity index (χ1v) is 13.0. The molecule has 0 aliphatic heterocycles. The van der Waals surface area contributed by atoms with Gasteiger partial charge in [-0.2, -0.15) is 37.7 Å². The molecule has 3 rings (SSSR count). The largest absolute Gasteiger partial charge is 0.468 e. The zero-order chi connectivity index (χ0) is 29.5. The molecule has 3 aromatic rings. The van der Waals surface area contributed by atoms with Crippen LogP contribution in [0.2, 0.25) is 0 Å². The Balaban J connectivity index is 2.15. The van der Waals surface area contributed by atoms with Crippen molar-refractivity contribution in [3.63, 3.8) is 0 Å². The number of methoxy groups -OCH3 is 1. The van der Waals surface area contributed by atoms with E-state index in [4.69, 9.17) is 4.74 Å². The van der Waals surface area contributed by atoms with Crippen LogP contribution in [0.15, 0.2) is 90.7 Å². The van der Waals surface area contributed by atoms with Crippen LogP contribution in [0, 0.1) is 0 Å². The monoisotopic (exact) mass is 582 g/mol. The molecule has 0 aliphatic carbocycles. The van der Waals surface area contributed by atoms with E-state index >= 15 is 0 Å². The Labute approximate surface area is 232 Å². The number of hydrogen-bond acceptors (Lipinski definition) is 5. The van der Waals surface area contributed by atoms with Gasteiger partial charge in [0.2, 0.25) is 0 Å². The molecule has 0 radical (unpaired) electrons. The topological polar surface area (TPSA) is 41.6 Å². The highest BCUT2D eigenvalue weighted by molar-refractivity contribution is 7.08. The van der Waals surface area contributed by atoms with Crippen molar-refractivity contribution in [2.45, 2.75) is 30.5 Å². The highest BCUT2D eigenvalue weighted by Crippen LogP contribution is 2.35. The second-order valence-corrected chi connectivity index (χ2v) is 9.65. The molecule has 0 saturated carbocycles. The van der Waals surface area contributed by atoms with Crippen molar-refractivity contribution in [3.8, 4) is 0 Å². The van der Waals surface area contributed by atoms with Crippen molar-refractivity contribution in [3.05, 3.63) is 118 Å². The number of halogens is 6. The minimum atomic E-state index is -4.58. The number of rotatable bonds is 12. The molecule has 40 heavy (non-hydrogen) atoms. The Morgan fingerprint density at radius 2 is 1.35 bits per heavy atom. The van der Waals surface area contributed by atoms with Crippen LogP contribution in [0.4, 0.5) is 26.3 Å². The van der Waals surface area contributed by atoms with Crippen LogP contribution in [0.3, 0.4) is 0 Å². The van der Waals surface area contributed by atoms with Gasteiger partial charge in [-0.3, -0.25) is 15.0 Å². The zero-order valence-corrected chi connectivity index (χ0v) is 22.3. The zero-order valence-electron chi connectivity index (χ0n) is 21.5. The number of hydrogen-bond donors (Lipinski definition) is 1. The molecule has 0 unspecified atom stereocenters. The molecule has 11 heteroatoms. The van der Waals surface area contributed by atoms with Gasteiger partial charge < -0.3 is 4.74 Å². The molecule has 214 valence electrons. The molecule has 1 heterocycles. The maximum atomic E-state index is 13.3. The second-order valence-electron chi connectivity index (χ2n) is 8.87. The van der Waals surface area contributed by atoms with Crippen LogP contribution < -0.4 is 5.32 Å². The lowest BCUT2D eigenvalue weighted by molar-refractivity contribution is -0.145. The SMILES string of the molecule is C=CCN(CC=C)[C@@H](c1ccsc1)[C@H](NC(c1ccc(C(F)(F)F)cc1)c1ccc(C(F)(F)F)cc1)C(=O)OC. The van der Waals surface area contributed by atoms with Gasteiger partial charge in [0.1, 0.15) is 6.04 Å². The molecule has 2 aromatic carbocycles. The minimum absolute atomic E-state index is 0.310. The van der Waals surface area contributed by atoms with E-state index in [2.05, 4.69) is 18.5 Å². The molecule has 0 bridgehead atoms. The fraction of sp³-hybridized carbons (Fsp3) is 0.276. The van der Waals surface area contributed by atoms with Crippen LogP contribution >= 0.6 is 11.3 Å². The number of carbonyl (C=O) groups is 1. The van der Waals surface area contributed by atoms with E-state index in [1.54, 1.807) is 12.2 Å². The van der Waals surface area contributed by atoms with Gasteiger partial charge in [0.25, 0.3) is 0 Å². The van der Waals surface area contributed by atoms with E-state index < -0.39 is 47.6 Å². The van der Waals surface area contributed by atoms with E-state index in [1.165, 1.54) is 42.7 Å². The lowest BCUT2D eigenvalue weighted by Crippen LogP contribution is -2.50. The van der Waals surface area contributed by atoms with E-state index in [0.29, 0.717) is 24.2 Å². The van der Waals surface area contributed by atoms with Gasteiger partial charge in [0.05, 0.1) is 30.3 Å². The summed E-state index contributed by atoms with van der Waals surface area (Å²) in [5.41, 5.74) is -0.387. The smallest absolute Gasteiger partial charge is 0.416 e. The summed E-state index contributed by atoms with van der Waals surface area (Å²) in [6.45, 7) is 8.29. The lowest BCUT2D eigenvalue weighted by atomic mass is 9.93. The van der Waals surface area contributed by atoms with Crippen LogP contribution in [-0.2, 0) is 21.9 Å². The van der Waals surface area contributed by atoms with Crippen molar-refractivity contribution in [2.75, 3.05) is 20.2 Å². The fourth-order valence-electron chi connectivity index (χ4n) is 4.40. The van der Waals surface area contributed by atoms with Crippen molar-refractivity contribution in [1.82, 2.24) is 10.2 Å². The first-order valence-electron chi connectivity index (χ1n) is 12.1. The third-order valence-electron chi connectivity index (χ3n) is 6.27. The second kappa shape index (κ2) is 13.3. The molecule has 0 amide bonds. The van der Waals surface area contributed by atoms with E-state index in [1.807, 2.05) is 21.7 Å². The Morgan fingerprint density at radius 3 is 1.70 bits per heavy atom. The summed E-state index contributed by atoms with van der Waals surface area (Å²) in [7, 11) is 1.21. The van der Waals surface area contributed by atoms with Crippen molar-refractivity contribution in [2.24, 2.45) is 0 Å². The molecule has 2 atom stereocenters. The molecule has 0 fully saturated rings. The maximum absolute atomic E-state index is 13.3. The average Bonchev–Trinajstić information content (AvgIpc) is 3.44. The molecular formula is C29H28F6N2O2S. The number of thiophene rings is 1. The van der Waals surface area contributed by atoms with Gasteiger partial charge in [0.15, 0.2) is 0 Å².